The minimum atomic E-state index is -0.0445. The monoisotopic (exact) mass is 502 g/mol. The Hall–Kier alpha value is -1.36. The fraction of sp³-hybridized carbons (Fsp3) is 0.737. The van der Waals surface area contributed by atoms with Crippen molar-refractivity contribution in [1.29, 1.82) is 0 Å². The quantitative estimate of drug-likeness (QED) is 0.368. The lowest BCUT2D eigenvalue weighted by molar-refractivity contribution is -0.107. The molecule has 1 aromatic rings. The van der Waals surface area contributed by atoms with E-state index in [0.29, 0.717) is 23.9 Å². The van der Waals surface area contributed by atoms with Gasteiger partial charge in [0.15, 0.2) is 11.8 Å². The van der Waals surface area contributed by atoms with E-state index in [1.807, 2.05) is 7.05 Å². The summed E-state index contributed by atoms with van der Waals surface area (Å²) in [5, 5.41) is 3.71. The molecule has 0 bridgehead atoms. The second-order valence-electron chi connectivity index (χ2n) is 8.38. The van der Waals surface area contributed by atoms with Crippen LogP contribution in [0.4, 0.5) is 5.82 Å². The Morgan fingerprint density at radius 3 is 2.71 bits per heavy atom. The Bertz CT molecular complexity index is 787. The summed E-state index contributed by atoms with van der Waals surface area (Å²) >= 11 is 0. The number of rotatable bonds is 2. The number of ether oxygens (including phenoxy) is 1. The molecule has 156 valence electrons. The molecule has 1 aliphatic carbocycles. The molecule has 4 rings (SSSR count). The first-order valence-corrected chi connectivity index (χ1v) is 9.80. The first-order chi connectivity index (χ1) is 12.9. The fourth-order valence-corrected chi connectivity index (χ4v) is 4.89. The van der Waals surface area contributed by atoms with Gasteiger partial charge < -0.3 is 24.4 Å². The van der Waals surface area contributed by atoms with Crippen molar-refractivity contribution in [2.75, 3.05) is 44.7 Å². The third kappa shape index (κ3) is 3.51. The van der Waals surface area contributed by atoms with E-state index in [-0.39, 0.29) is 35.0 Å². The highest BCUT2D eigenvalue weighted by Gasteiger charge is 2.59. The molecule has 3 atom stereocenters. The van der Waals surface area contributed by atoms with E-state index in [0.717, 1.165) is 45.2 Å². The van der Waals surface area contributed by atoms with Crippen LogP contribution in [0.5, 0.6) is 0 Å². The number of hydrogen-bond acceptors (Lipinski definition) is 5. The van der Waals surface area contributed by atoms with Gasteiger partial charge in [0.05, 0.1) is 6.10 Å². The molecule has 3 fully saturated rings. The van der Waals surface area contributed by atoms with Crippen LogP contribution >= 0.6 is 24.0 Å². The van der Waals surface area contributed by atoms with Crippen LogP contribution in [0, 0.1) is 11.3 Å². The highest BCUT2D eigenvalue weighted by Crippen LogP contribution is 2.52. The number of aryl methyl sites for hydroxylation is 1. The van der Waals surface area contributed by atoms with Gasteiger partial charge in [0.25, 0.3) is 5.56 Å². The van der Waals surface area contributed by atoms with Gasteiger partial charge in [0, 0.05) is 76.6 Å². The van der Waals surface area contributed by atoms with Crippen molar-refractivity contribution in [3.8, 4) is 0 Å². The summed E-state index contributed by atoms with van der Waals surface area (Å²) in [6.45, 7) is 8.58. The maximum Gasteiger partial charge on any atom is 0.293 e. The zero-order valence-electron chi connectivity index (χ0n) is 17.1. The van der Waals surface area contributed by atoms with E-state index < -0.39 is 0 Å². The lowest BCUT2D eigenvalue weighted by atomic mass is 9.57. The number of guanidine groups is 1. The fourth-order valence-electron chi connectivity index (χ4n) is 4.89. The van der Waals surface area contributed by atoms with Crippen LogP contribution in [-0.2, 0) is 11.8 Å². The molecule has 8 nitrogen and oxygen atoms in total. The number of aliphatic imine (C=N–C) groups is 1. The van der Waals surface area contributed by atoms with Crippen LogP contribution < -0.4 is 15.8 Å². The standard InChI is InChI=1S/C19H30N6O2.HI/c1-19(2)14(13-5-12-27-15(13)19)22-18(20-3)25-10-8-24(9-11-25)16-17(26)23(4)7-6-21-16;/h6-7,13-15H,5,8-12H2,1-4H3,(H,20,22);1H. The van der Waals surface area contributed by atoms with Crippen molar-refractivity contribution in [2.24, 2.45) is 23.4 Å². The molecule has 0 amide bonds. The molecule has 3 aliphatic rings. The Morgan fingerprint density at radius 2 is 2.04 bits per heavy atom. The van der Waals surface area contributed by atoms with Gasteiger partial charge in [-0.15, -0.1) is 24.0 Å². The van der Waals surface area contributed by atoms with Gasteiger partial charge in [0.1, 0.15) is 0 Å². The van der Waals surface area contributed by atoms with Crippen molar-refractivity contribution < 1.29 is 4.74 Å². The first-order valence-electron chi connectivity index (χ1n) is 9.80. The zero-order chi connectivity index (χ0) is 19.2. The summed E-state index contributed by atoms with van der Waals surface area (Å²) in [4.78, 5) is 25.5. The number of anilines is 1. The van der Waals surface area contributed by atoms with E-state index >= 15 is 0 Å². The van der Waals surface area contributed by atoms with Crippen molar-refractivity contribution in [1.82, 2.24) is 19.8 Å². The van der Waals surface area contributed by atoms with Crippen LogP contribution in [0.2, 0.25) is 0 Å². The summed E-state index contributed by atoms with van der Waals surface area (Å²) in [6, 6.07) is 0.393. The number of aromatic nitrogens is 2. The third-order valence-electron chi connectivity index (χ3n) is 6.47. The van der Waals surface area contributed by atoms with Gasteiger partial charge in [0.2, 0.25) is 0 Å². The minimum Gasteiger partial charge on any atom is -0.377 e. The summed E-state index contributed by atoms with van der Waals surface area (Å²) in [5.74, 6) is 2.07. The van der Waals surface area contributed by atoms with Crippen LogP contribution in [0.3, 0.4) is 0 Å². The minimum absolute atomic E-state index is 0. The highest BCUT2D eigenvalue weighted by molar-refractivity contribution is 14.0. The first kappa shape index (κ1) is 21.4. The van der Waals surface area contributed by atoms with Gasteiger partial charge in [-0.25, -0.2) is 4.98 Å². The number of halogens is 1. The summed E-state index contributed by atoms with van der Waals surface area (Å²) in [5.41, 5.74) is 0.0796. The van der Waals surface area contributed by atoms with E-state index in [9.17, 15) is 4.79 Å². The number of nitrogens with one attached hydrogen (secondary N) is 1. The van der Waals surface area contributed by atoms with Crippen LogP contribution in [0.1, 0.15) is 20.3 Å². The lowest BCUT2D eigenvalue weighted by Crippen LogP contribution is -2.68. The molecule has 0 aromatic carbocycles. The number of nitrogens with zero attached hydrogens (tertiary/aromatic N) is 5. The van der Waals surface area contributed by atoms with Gasteiger partial charge in [-0.3, -0.25) is 9.79 Å². The SMILES string of the molecule is CN=C(NC1C2CCOC2C1(C)C)N1CCN(c2nccn(C)c2=O)CC1.I. The maximum absolute atomic E-state index is 12.3. The van der Waals surface area contributed by atoms with E-state index in [1.54, 1.807) is 24.0 Å². The smallest absolute Gasteiger partial charge is 0.293 e. The lowest BCUT2D eigenvalue weighted by Gasteiger charge is -2.55. The van der Waals surface area contributed by atoms with Gasteiger partial charge in [-0.1, -0.05) is 13.8 Å². The Kier molecular flexibility index (Phi) is 6.23. The molecule has 3 heterocycles. The Morgan fingerprint density at radius 1 is 1.32 bits per heavy atom. The largest absolute Gasteiger partial charge is 0.377 e. The van der Waals surface area contributed by atoms with Gasteiger partial charge >= 0.3 is 0 Å². The molecule has 3 unspecified atom stereocenters. The summed E-state index contributed by atoms with van der Waals surface area (Å²) in [7, 11) is 3.60. The molecular formula is C19H31IN6O2. The second kappa shape index (κ2) is 8.17. The van der Waals surface area contributed by atoms with Crippen molar-refractivity contribution in [2.45, 2.75) is 32.4 Å². The third-order valence-corrected chi connectivity index (χ3v) is 6.47. The predicted molar refractivity (Wildman–Crippen MR) is 121 cm³/mol. The number of fused-ring (bicyclic) bond motifs is 1. The molecular weight excluding hydrogens is 471 g/mol. The number of hydrogen-bond donors (Lipinski definition) is 1. The predicted octanol–water partition coefficient (Wildman–Crippen LogP) is 0.909. The van der Waals surface area contributed by atoms with Crippen molar-refractivity contribution in [3.63, 3.8) is 0 Å². The highest BCUT2D eigenvalue weighted by atomic mass is 127. The van der Waals surface area contributed by atoms with Crippen molar-refractivity contribution >= 4 is 35.8 Å². The Balaban J connectivity index is 0.00000225. The Labute approximate surface area is 183 Å². The molecule has 1 N–H and O–H groups in total. The van der Waals surface area contributed by atoms with Gasteiger partial charge in [-0.05, 0) is 6.42 Å². The van der Waals surface area contributed by atoms with Crippen LogP contribution in [0.15, 0.2) is 22.2 Å². The molecule has 2 saturated heterocycles. The van der Waals surface area contributed by atoms with E-state index in [2.05, 4.69) is 38.9 Å². The average molecular weight is 502 g/mol. The molecule has 0 radical (unpaired) electrons. The molecule has 2 aliphatic heterocycles. The molecule has 1 saturated carbocycles. The van der Waals surface area contributed by atoms with Crippen molar-refractivity contribution in [3.05, 3.63) is 22.7 Å². The zero-order valence-corrected chi connectivity index (χ0v) is 19.4. The maximum atomic E-state index is 12.3. The molecule has 0 spiro atoms. The summed E-state index contributed by atoms with van der Waals surface area (Å²) < 4.78 is 7.48. The molecule has 28 heavy (non-hydrogen) atoms. The number of piperazine rings is 1. The second-order valence-corrected chi connectivity index (χ2v) is 8.38. The summed E-state index contributed by atoms with van der Waals surface area (Å²) in [6.07, 6.45) is 4.86. The topological polar surface area (TPSA) is 75.0 Å². The van der Waals surface area contributed by atoms with E-state index in [1.165, 1.54) is 0 Å². The average Bonchev–Trinajstić information content (AvgIpc) is 3.12. The molecule has 9 heteroatoms. The van der Waals surface area contributed by atoms with Gasteiger partial charge in [-0.2, -0.15) is 0 Å². The van der Waals surface area contributed by atoms with Crippen LogP contribution in [-0.4, -0.2) is 72.4 Å². The molecule has 1 aromatic heterocycles. The van der Waals surface area contributed by atoms with Crippen LogP contribution in [0.25, 0.3) is 0 Å². The van der Waals surface area contributed by atoms with E-state index in [4.69, 9.17) is 4.74 Å². The normalized spacial score (nSPS) is 29.0.